The van der Waals surface area contributed by atoms with E-state index in [1.54, 1.807) is 0 Å². The maximum atomic E-state index is 13.9. The zero-order valence-electron chi connectivity index (χ0n) is 11.5. The van der Waals surface area contributed by atoms with Crippen LogP contribution in [0.25, 0.3) is 0 Å². The number of nitrogens with one attached hydrogen (secondary N) is 1. The summed E-state index contributed by atoms with van der Waals surface area (Å²) in [7, 11) is 1.99. The number of halogens is 1. The lowest BCUT2D eigenvalue weighted by atomic mass is 10.0. The van der Waals surface area contributed by atoms with Crippen molar-refractivity contribution in [1.82, 2.24) is 4.90 Å². The fourth-order valence-corrected chi connectivity index (χ4v) is 2.37. The highest BCUT2D eigenvalue weighted by atomic mass is 19.1. The summed E-state index contributed by atoms with van der Waals surface area (Å²) < 4.78 is 13.9. The zero-order valence-corrected chi connectivity index (χ0v) is 11.5. The van der Waals surface area contributed by atoms with Gasteiger partial charge in [0.15, 0.2) is 5.82 Å². The maximum Gasteiger partial charge on any atom is 0.342 e. The van der Waals surface area contributed by atoms with E-state index in [1.165, 1.54) is 0 Å². The van der Waals surface area contributed by atoms with Crippen LogP contribution < -0.4 is 5.32 Å². The SMILES string of the molecule is CN1CCC(Nc2cc(C(=O)O)c([N+](=O)[O-])cc2F)CC1. The molecule has 0 spiro atoms. The smallest absolute Gasteiger partial charge is 0.342 e. The highest BCUT2D eigenvalue weighted by Crippen LogP contribution is 2.27. The molecule has 0 saturated carbocycles. The number of nitrogens with zero attached hydrogens (tertiary/aromatic N) is 2. The van der Waals surface area contributed by atoms with Crippen LogP contribution >= 0.6 is 0 Å². The summed E-state index contributed by atoms with van der Waals surface area (Å²) in [4.78, 5) is 23.1. The summed E-state index contributed by atoms with van der Waals surface area (Å²) in [6.45, 7) is 1.72. The van der Waals surface area contributed by atoms with E-state index >= 15 is 0 Å². The van der Waals surface area contributed by atoms with Crippen molar-refractivity contribution in [2.45, 2.75) is 18.9 Å². The average molecular weight is 297 g/mol. The molecule has 1 aliphatic heterocycles. The van der Waals surface area contributed by atoms with Crippen LogP contribution in [-0.2, 0) is 0 Å². The molecule has 0 bridgehead atoms. The highest BCUT2D eigenvalue weighted by Gasteiger charge is 2.25. The number of carboxylic acids is 1. The lowest BCUT2D eigenvalue weighted by Crippen LogP contribution is -2.36. The number of benzene rings is 1. The molecule has 21 heavy (non-hydrogen) atoms. The van der Waals surface area contributed by atoms with Gasteiger partial charge in [-0.15, -0.1) is 0 Å². The molecule has 1 fully saturated rings. The Morgan fingerprint density at radius 1 is 1.48 bits per heavy atom. The Bertz CT molecular complexity index is 571. The van der Waals surface area contributed by atoms with E-state index in [0.717, 1.165) is 32.0 Å². The Balaban J connectivity index is 2.25. The molecule has 0 atom stereocenters. The zero-order chi connectivity index (χ0) is 15.6. The largest absolute Gasteiger partial charge is 0.477 e. The minimum Gasteiger partial charge on any atom is -0.477 e. The van der Waals surface area contributed by atoms with Crippen LogP contribution in [0.1, 0.15) is 23.2 Å². The molecule has 114 valence electrons. The fourth-order valence-electron chi connectivity index (χ4n) is 2.37. The molecule has 1 aliphatic rings. The predicted molar refractivity (Wildman–Crippen MR) is 74.2 cm³/mol. The summed E-state index contributed by atoms with van der Waals surface area (Å²) in [5.41, 5.74) is -1.27. The van der Waals surface area contributed by atoms with Gasteiger partial charge in [0.25, 0.3) is 5.69 Å². The normalized spacial score (nSPS) is 16.7. The van der Waals surface area contributed by atoms with Gasteiger partial charge >= 0.3 is 5.97 Å². The molecule has 0 aliphatic carbocycles. The first-order chi connectivity index (χ1) is 9.88. The minimum absolute atomic E-state index is 0.00690. The topological polar surface area (TPSA) is 95.7 Å². The number of nitro groups is 1. The molecular weight excluding hydrogens is 281 g/mol. The summed E-state index contributed by atoms with van der Waals surface area (Å²) in [6.07, 6.45) is 1.60. The lowest BCUT2D eigenvalue weighted by molar-refractivity contribution is -0.385. The van der Waals surface area contributed by atoms with E-state index in [9.17, 15) is 19.3 Å². The fraction of sp³-hybridized carbons (Fsp3) is 0.462. The van der Waals surface area contributed by atoms with Gasteiger partial charge in [-0.2, -0.15) is 0 Å². The number of nitro benzene ring substituents is 1. The van der Waals surface area contributed by atoms with Gasteiger partial charge in [0.2, 0.25) is 0 Å². The Hall–Kier alpha value is -2.22. The summed E-state index contributed by atoms with van der Waals surface area (Å²) in [6, 6.07) is 1.67. The molecular formula is C13H16FN3O4. The van der Waals surface area contributed by atoms with Crippen molar-refractivity contribution in [3.63, 3.8) is 0 Å². The second-order valence-electron chi connectivity index (χ2n) is 5.13. The van der Waals surface area contributed by atoms with Gasteiger partial charge in [0.1, 0.15) is 5.56 Å². The number of carboxylic acid groups (broad SMARTS) is 1. The molecule has 0 aromatic heterocycles. The second kappa shape index (κ2) is 6.04. The molecule has 2 N–H and O–H groups in total. The highest BCUT2D eigenvalue weighted by molar-refractivity contribution is 5.93. The summed E-state index contributed by atoms with van der Waals surface area (Å²) in [5.74, 6) is -2.27. The van der Waals surface area contributed by atoms with Gasteiger partial charge in [-0.3, -0.25) is 10.1 Å². The van der Waals surface area contributed by atoms with Crippen molar-refractivity contribution in [3.8, 4) is 0 Å². The van der Waals surface area contributed by atoms with Crippen molar-refractivity contribution in [2.24, 2.45) is 0 Å². The first kappa shape index (κ1) is 15.2. The van der Waals surface area contributed by atoms with E-state index in [4.69, 9.17) is 5.11 Å². The van der Waals surface area contributed by atoms with Crippen molar-refractivity contribution in [1.29, 1.82) is 0 Å². The number of piperidine rings is 1. The number of carbonyl (C=O) groups is 1. The Kier molecular flexibility index (Phi) is 4.37. The third-order valence-electron chi connectivity index (χ3n) is 3.59. The monoisotopic (exact) mass is 297 g/mol. The van der Waals surface area contributed by atoms with Crippen molar-refractivity contribution < 1.29 is 19.2 Å². The second-order valence-corrected chi connectivity index (χ2v) is 5.13. The van der Waals surface area contributed by atoms with Gasteiger partial charge in [-0.05, 0) is 39.0 Å². The van der Waals surface area contributed by atoms with Crippen LogP contribution in [0.15, 0.2) is 12.1 Å². The Morgan fingerprint density at radius 3 is 2.62 bits per heavy atom. The first-order valence-corrected chi connectivity index (χ1v) is 6.55. The van der Waals surface area contributed by atoms with Gasteiger partial charge in [0.05, 0.1) is 16.7 Å². The van der Waals surface area contributed by atoms with E-state index in [0.29, 0.717) is 6.07 Å². The van der Waals surface area contributed by atoms with E-state index in [2.05, 4.69) is 10.2 Å². The van der Waals surface area contributed by atoms with Crippen LogP contribution in [0.5, 0.6) is 0 Å². The van der Waals surface area contributed by atoms with Crippen molar-refractivity contribution >= 4 is 17.3 Å². The Labute approximate surface area is 120 Å². The standard InChI is InChI=1S/C13H16FN3O4/c1-16-4-2-8(3-5-16)15-11-6-9(13(18)19)12(17(20)21)7-10(11)14/h6-8,15H,2-5H2,1H3,(H,18,19). The number of hydrogen-bond acceptors (Lipinski definition) is 5. The third kappa shape index (κ3) is 3.46. The summed E-state index contributed by atoms with van der Waals surface area (Å²) >= 11 is 0. The van der Waals surface area contributed by atoms with Crippen molar-refractivity contribution in [3.05, 3.63) is 33.6 Å². The van der Waals surface area contributed by atoms with Crippen LogP contribution in [-0.4, -0.2) is 47.1 Å². The molecule has 0 unspecified atom stereocenters. The number of anilines is 1. The molecule has 1 heterocycles. The van der Waals surface area contributed by atoms with Crippen LogP contribution in [0, 0.1) is 15.9 Å². The molecule has 7 nitrogen and oxygen atoms in total. The summed E-state index contributed by atoms with van der Waals surface area (Å²) in [5, 5.41) is 22.7. The molecule has 1 aromatic carbocycles. The molecule has 2 rings (SSSR count). The quantitative estimate of drug-likeness (QED) is 0.651. The molecule has 0 amide bonds. The van der Waals surface area contributed by atoms with E-state index in [-0.39, 0.29) is 11.7 Å². The van der Waals surface area contributed by atoms with Gasteiger partial charge in [-0.25, -0.2) is 9.18 Å². The van der Waals surface area contributed by atoms with Gasteiger partial charge in [-0.1, -0.05) is 0 Å². The van der Waals surface area contributed by atoms with Gasteiger partial charge < -0.3 is 15.3 Å². The minimum atomic E-state index is -1.45. The molecule has 1 saturated heterocycles. The predicted octanol–water partition coefficient (Wildman–Crippen LogP) is 1.94. The van der Waals surface area contributed by atoms with E-state index < -0.39 is 28.0 Å². The van der Waals surface area contributed by atoms with Crippen LogP contribution in [0.4, 0.5) is 15.8 Å². The number of rotatable bonds is 4. The van der Waals surface area contributed by atoms with Crippen molar-refractivity contribution in [2.75, 3.05) is 25.5 Å². The maximum absolute atomic E-state index is 13.9. The van der Waals surface area contributed by atoms with Crippen LogP contribution in [0.3, 0.4) is 0 Å². The number of hydrogen-bond donors (Lipinski definition) is 2. The Morgan fingerprint density at radius 2 is 2.10 bits per heavy atom. The van der Waals surface area contributed by atoms with E-state index in [1.807, 2.05) is 7.05 Å². The average Bonchev–Trinajstić information content (AvgIpc) is 2.42. The molecule has 8 heteroatoms. The molecule has 1 aromatic rings. The first-order valence-electron chi connectivity index (χ1n) is 6.55. The lowest BCUT2D eigenvalue weighted by Gasteiger charge is -2.30. The van der Waals surface area contributed by atoms with Crippen LogP contribution in [0.2, 0.25) is 0 Å². The van der Waals surface area contributed by atoms with Gasteiger partial charge in [0, 0.05) is 6.04 Å². The third-order valence-corrected chi connectivity index (χ3v) is 3.59. The number of likely N-dealkylation sites (tertiary alicyclic amines) is 1. The number of aromatic carboxylic acids is 1. The molecule has 0 radical (unpaired) electrons.